The molecule has 0 radical (unpaired) electrons. The maximum atomic E-state index is 13.3. The van der Waals surface area contributed by atoms with E-state index in [1.165, 1.54) is 15.8 Å². The van der Waals surface area contributed by atoms with E-state index in [4.69, 9.17) is 18.0 Å². The van der Waals surface area contributed by atoms with Gasteiger partial charge in [0.2, 0.25) is 0 Å². The van der Waals surface area contributed by atoms with Gasteiger partial charge >= 0.3 is 5.69 Å². The van der Waals surface area contributed by atoms with Crippen LogP contribution in [0.4, 0.5) is 17.1 Å². The zero-order chi connectivity index (χ0) is 20.4. The molecule has 0 aliphatic heterocycles. The van der Waals surface area contributed by atoms with Crippen molar-refractivity contribution in [3.63, 3.8) is 0 Å². The summed E-state index contributed by atoms with van der Waals surface area (Å²) < 4.78 is 2.33. The average molecular weight is 376 g/mol. The largest absolute Gasteiger partial charge is 0.397 e. The first-order valence-electron chi connectivity index (χ1n) is 8.48. The van der Waals surface area contributed by atoms with Crippen LogP contribution in [0.15, 0.2) is 52.3 Å². The number of pyridine rings is 1. The molecule has 0 unspecified atom stereocenters. The molecular weight excluding hydrogens is 356 g/mol. The highest BCUT2D eigenvalue weighted by Crippen LogP contribution is 2.26. The van der Waals surface area contributed by atoms with Crippen molar-refractivity contribution in [3.05, 3.63) is 74.8 Å². The highest BCUT2D eigenvalue weighted by Gasteiger charge is 2.22. The van der Waals surface area contributed by atoms with E-state index < -0.39 is 11.2 Å². The van der Waals surface area contributed by atoms with E-state index in [1.807, 2.05) is 6.92 Å². The molecule has 0 fully saturated rings. The Hall–Kier alpha value is -3.83. The number of nitrogen functional groups attached to an aromatic ring is 1. The van der Waals surface area contributed by atoms with Crippen LogP contribution >= 0.6 is 0 Å². The van der Waals surface area contributed by atoms with Crippen molar-refractivity contribution in [2.75, 3.05) is 10.7 Å². The van der Waals surface area contributed by atoms with Gasteiger partial charge < -0.3 is 5.73 Å². The number of para-hydroxylation sites is 2. The summed E-state index contributed by atoms with van der Waals surface area (Å²) in [6.07, 6.45) is 8.50. The van der Waals surface area contributed by atoms with Gasteiger partial charge in [-0.25, -0.2) is 15.2 Å². The van der Waals surface area contributed by atoms with E-state index in [-0.39, 0.29) is 12.2 Å². The number of hydrogen-bond donors (Lipinski definition) is 2. The van der Waals surface area contributed by atoms with Crippen molar-refractivity contribution in [1.82, 2.24) is 14.1 Å². The van der Waals surface area contributed by atoms with Gasteiger partial charge in [0.1, 0.15) is 5.69 Å². The lowest BCUT2D eigenvalue weighted by atomic mass is 10.2. The molecule has 3 rings (SSSR count). The number of nitrogens with zero attached hydrogens (tertiary/aromatic N) is 4. The number of benzene rings is 1. The third-order valence-corrected chi connectivity index (χ3v) is 4.38. The summed E-state index contributed by atoms with van der Waals surface area (Å²) in [5, 5.41) is 1.18. The fourth-order valence-electron chi connectivity index (χ4n) is 3.01. The molecule has 3 aromatic rings. The summed E-state index contributed by atoms with van der Waals surface area (Å²) in [6.45, 7) is 3.42. The summed E-state index contributed by atoms with van der Waals surface area (Å²) in [5.41, 5.74) is 7.25. The molecule has 0 aliphatic rings. The van der Waals surface area contributed by atoms with E-state index in [0.717, 1.165) is 10.1 Å². The predicted octanol–water partition coefficient (Wildman–Crippen LogP) is 1.24. The Morgan fingerprint density at radius 2 is 1.93 bits per heavy atom. The smallest absolute Gasteiger partial charge is 0.336 e. The lowest BCUT2D eigenvalue weighted by Gasteiger charge is -2.24. The molecule has 0 atom stereocenters. The number of aromatic nitrogens is 3. The molecule has 0 saturated heterocycles. The second-order valence-electron chi connectivity index (χ2n) is 6.30. The number of terminal acetylenes is 1. The van der Waals surface area contributed by atoms with Crippen LogP contribution in [-0.4, -0.2) is 14.1 Å². The van der Waals surface area contributed by atoms with Crippen molar-refractivity contribution in [3.8, 4) is 18.0 Å². The predicted molar refractivity (Wildman–Crippen MR) is 110 cm³/mol. The van der Waals surface area contributed by atoms with Gasteiger partial charge in [-0.05, 0) is 37.6 Å². The van der Waals surface area contributed by atoms with Gasteiger partial charge in [0.15, 0.2) is 0 Å². The number of hydrogen-bond acceptors (Lipinski definition) is 6. The van der Waals surface area contributed by atoms with Gasteiger partial charge in [-0.3, -0.25) is 19.4 Å². The quantitative estimate of drug-likeness (QED) is 0.307. The molecule has 28 heavy (non-hydrogen) atoms. The van der Waals surface area contributed by atoms with E-state index >= 15 is 0 Å². The van der Waals surface area contributed by atoms with Gasteiger partial charge in [-0.2, -0.15) is 0 Å². The van der Waals surface area contributed by atoms with E-state index in [2.05, 4.69) is 10.9 Å². The molecule has 0 saturated carbocycles. The third-order valence-electron chi connectivity index (χ3n) is 4.38. The minimum atomic E-state index is -0.589. The third kappa shape index (κ3) is 3.15. The lowest BCUT2D eigenvalue weighted by Crippen LogP contribution is -2.44. The highest BCUT2D eigenvalue weighted by atomic mass is 16.2. The Kier molecular flexibility index (Phi) is 5.02. The molecule has 1 aromatic carbocycles. The molecule has 0 spiro atoms. The van der Waals surface area contributed by atoms with Gasteiger partial charge in [0.25, 0.3) is 5.56 Å². The molecule has 0 amide bonds. The van der Waals surface area contributed by atoms with Crippen LogP contribution in [-0.2, 0) is 6.54 Å². The van der Waals surface area contributed by atoms with Crippen molar-refractivity contribution >= 4 is 17.1 Å². The van der Waals surface area contributed by atoms with Gasteiger partial charge in [0.05, 0.1) is 35.5 Å². The van der Waals surface area contributed by atoms with Gasteiger partial charge in [-0.15, -0.1) is 6.42 Å². The van der Waals surface area contributed by atoms with Gasteiger partial charge in [-0.1, -0.05) is 18.1 Å². The second kappa shape index (κ2) is 7.42. The van der Waals surface area contributed by atoms with Crippen LogP contribution in [0.1, 0.15) is 11.3 Å². The minimum absolute atomic E-state index is 0.0185. The van der Waals surface area contributed by atoms with Crippen LogP contribution in [0.3, 0.4) is 0 Å². The first kappa shape index (κ1) is 18.9. The molecule has 8 heteroatoms. The van der Waals surface area contributed by atoms with Gasteiger partial charge in [0, 0.05) is 6.20 Å². The number of aryl methyl sites for hydroxylation is 1. The van der Waals surface area contributed by atoms with Crippen LogP contribution in [0.25, 0.3) is 5.69 Å². The topological polar surface area (TPSA) is 112 Å². The fourth-order valence-corrected chi connectivity index (χ4v) is 3.01. The Bertz CT molecular complexity index is 1200. The zero-order valence-electron chi connectivity index (χ0n) is 15.6. The van der Waals surface area contributed by atoms with Crippen molar-refractivity contribution in [2.45, 2.75) is 20.4 Å². The average Bonchev–Trinajstić information content (AvgIpc) is 2.65. The Morgan fingerprint density at radius 3 is 2.57 bits per heavy atom. The standard InChI is InChI=1S/C20H20N6O2/c1-4-9-24-14(3)18(26(22)17-8-6-5-7-16(17)21)19(27)25(20(24)28)15-10-13(2)11-23-12-15/h1,5-8,10-12H,9,21-22H2,2-3H3. The molecule has 8 nitrogen and oxygen atoms in total. The molecule has 0 aliphatic carbocycles. The maximum absolute atomic E-state index is 13.3. The van der Waals surface area contributed by atoms with Crippen LogP contribution < -0.4 is 27.8 Å². The van der Waals surface area contributed by atoms with Crippen LogP contribution in [0.2, 0.25) is 0 Å². The summed E-state index contributed by atoms with van der Waals surface area (Å²) in [5.74, 6) is 8.71. The van der Waals surface area contributed by atoms with E-state index in [0.29, 0.717) is 22.8 Å². The lowest BCUT2D eigenvalue weighted by molar-refractivity contribution is 0.675. The number of rotatable bonds is 4. The zero-order valence-corrected chi connectivity index (χ0v) is 15.6. The van der Waals surface area contributed by atoms with Crippen molar-refractivity contribution < 1.29 is 0 Å². The summed E-state index contributed by atoms with van der Waals surface area (Å²) in [6, 6.07) is 8.55. The normalized spacial score (nSPS) is 10.5. The molecule has 0 bridgehead atoms. The first-order valence-corrected chi connectivity index (χ1v) is 8.48. The second-order valence-corrected chi connectivity index (χ2v) is 6.30. The number of hydrazine groups is 1. The summed E-state index contributed by atoms with van der Waals surface area (Å²) in [4.78, 5) is 30.4. The highest BCUT2D eigenvalue weighted by molar-refractivity contribution is 5.74. The SMILES string of the molecule is C#CCn1c(C)c(N(N)c2ccccc2N)c(=O)n(-c2cncc(C)c2)c1=O. The Labute approximate surface area is 161 Å². The summed E-state index contributed by atoms with van der Waals surface area (Å²) >= 11 is 0. The van der Waals surface area contributed by atoms with E-state index in [9.17, 15) is 9.59 Å². The molecule has 2 aromatic heterocycles. The maximum Gasteiger partial charge on any atom is 0.336 e. The molecule has 2 heterocycles. The number of anilines is 3. The number of nitrogens with two attached hydrogens (primary N) is 2. The van der Waals surface area contributed by atoms with Crippen LogP contribution in [0.5, 0.6) is 0 Å². The van der Waals surface area contributed by atoms with Crippen LogP contribution in [0, 0.1) is 26.2 Å². The fraction of sp³-hybridized carbons (Fsp3) is 0.150. The first-order chi connectivity index (χ1) is 13.4. The molecule has 4 N–H and O–H groups in total. The Balaban J connectivity index is 2.38. The van der Waals surface area contributed by atoms with E-state index in [1.54, 1.807) is 43.5 Å². The molecule has 142 valence electrons. The summed E-state index contributed by atoms with van der Waals surface area (Å²) in [7, 11) is 0. The molecular formula is C20H20N6O2. The van der Waals surface area contributed by atoms with Crippen molar-refractivity contribution in [1.29, 1.82) is 0 Å². The van der Waals surface area contributed by atoms with Crippen molar-refractivity contribution in [2.24, 2.45) is 5.84 Å². The minimum Gasteiger partial charge on any atom is -0.397 e. The Morgan fingerprint density at radius 1 is 1.21 bits per heavy atom. The monoisotopic (exact) mass is 376 g/mol.